The van der Waals surface area contributed by atoms with Crippen LogP contribution in [0.5, 0.6) is 0 Å². The Kier molecular flexibility index (Phi) is 3.07. The van der Waals surface area contributed by atoms with Crippen LogP contribution in [0.2, 0.25) is 0 Å². The van der Waals surface area contributed by atoms with E-state index in [1.807, 2.05) is 0 Å². The maximum Gasteiger partial charge on any atom is 0.338 e. The Morgan fingerprint density at radius 2 is 1.73 bits per heavy atom. The van der Waals surface area contributed by atoms with Crippen LogP contribution in [0.15, 0.2) is 36.4 Å². The van der Waals surface area contributed by atoms with Crippen molar-refractivity contribution in [3.8, 4) is 0 Å². The fourth-order valence-corrected chi connectivity index (χ4v) is 5.39. The number of hydrogen-bond donors (Lipinski definition) is 0. The number of carbonyl (C=O) groups is 3. The van der Waals surface area contributed by atoms with Gasteiger partial charge in [-0.2, -0.15) is 0 Å². The van der Waals surface area contributed by atoms with Gasteiger partial charge in [0.05, 0.1) is 29.2 Å². The van der Waals surface area contributed by atoms with E-state index in [2.05, 4.69) is 12.2 Å². The topological polar surface area (TPSA) is 63.7 Å². The Balaban J connectivity index is 1.47. The summed E-state index contributed by atoms with van der Waals surface area (Å²) in [4.78, 5) is 39.7. The van der Waals surface area contributed by atoms with Gasteiger partial charge in [-0.25, -0.2) is 9.69 Å². The minimum Gasteiger partial charge on any atom is -0.459 e. The van der Waals surface area contributed by atoms with E-state index >= 15 is 0 Å². The summed E-state index contributed by atoms with van der Waals surface area (Å²) in [5.41, 5.74) is 1.01. The van der Waals surface area contributed by atoms with Gasteiger partial charge in [-0.05, 0) is 62.1 Å². The molecule has 2 saturated carbocycles. The summed E-state index contributed by atoms with van der Waals surface area (Å²) in [7, 11) is 0. The van der Waals surface area contributed by atoms with Gasteiger partial charge in [0.2, 0.25) is 11.8 Å². The first-order valence-corrected chi connectivity index (χ1v) is 9.31. The van der Waals surface area contributed by atoms with Crippen molar-refractivity contribution >= 4 is 23.5 Å². The summed E-state index contributed by atoms with van der Waals surface area (Å²) in [6.07, 6.45) is 6.34. The highest BCUT2D eigenvalue weighted by atomic mass is 16.5. The summed E-state index contributed by atoms with van der Waals surface area (Å²) in [6, 6.07) is 6.63. The number of benzene rings is 1. The van der Waals surface area contributed by atoms with Crippen molar-refractivity contribution < 1.29 is 19.1 Å². The third-order valence-corrected chi connectivity index (χ3v) is 6.54. The Morgan fingerprint density at radius 1 is 1.12 bits per heavy atom. The van der Waals surface area contributed by atoms with Gasteiger partial charge in [0.15, 0.2) is 0 Å². The zero-order valence-corrected chi connectivity index (χ0v) is 14.8. The normalized spacial score (nSPS) is 32.7. The lowest BCUT2D eigenvalue weighted by Gasteiger charge is -2.22. The third-order valence-electron chi connectivity index (χ3n) is 6.54. The molecule has 4 aliphatic rings. The van der Waals surface area contributed by atoms with Gasteiger partial charge in [-0.1, -0.05) is 18.2 Å². The van der Waals surface area contributed by atoms with Crippen LogP contribution < -0.4 is 4.90 Å². The highest BCUT2D eigenvalue weighted by Gasteiger charge is 2.73. The number of fused-ring (bicyclic) bond motifs is 3. The van der Waals surface area contributed by atoms with Crippen molar-refractivity contribution in [2.24, 2.45) is 29.1 Å². The second kappa shape index (κ2) is 5.06. The average Bonchev–Trinajstić information content (AvgIpc) is 3.19. The molecule has 1 aromatic carbocycles. The molecule has 2 bridgehead atoms. The number of hydrogen-bond acceptors (Lipinski definition) is 4. The lowest BCUT2D eigenvalue weighted by atomic mass is 9.85. The Bertz CT molecular complexity index is 833. The molecule has 1 aromatic rings. The number of imide groups is 1. The number of rotatable bonds is 3. The second-order valence-corrected chi connectivity index (χ2v) is 8.24. The number of carbonyl (C=O) groups excluding carboxylic acids is 3. The van der Waals surface area contributed by atoms with Gasteiger partial charge in [0, 0.05) is 0 Å². The number of allylic oxidation sites excluding steroid dienone is 2. The molecule has 134 valence electrons. The molecule has 5 nitrogen and oxygen atoms in total. The molecule has 0 aromatic heterocycles. The molecule has 3 aliphatic carbocycles. The first kappa shape index (κ1) is 15.8. The zero-order valence-electron chi connectivity index (χ0n) is 14.8. The van der Waals surface area contributed by atoms with E-state index in [0.717, 1.165) is 12.8 Å². The molecule has 1 spiro atoms. The lowest BCUT2D eigenvalue weighted by Crippen LogP contribution is -2.34. The molecule has 0 N–H and O–H groups in total. The van der Waals surface area contributed by atoms with Crippen LogP contribution in [0.3, 0.4) is 0 Å². The summed E-state index contributed by atoms with van der Waals surface area (Å²) in [5, 5.41) is 0. The summed E-state index contributed by atoms with van der Waals surface area (Å²) in [5.74, 6) is -0.728. The zero-order chi connectivity index (χ0) is 18.2. The Morgan fingerprint density at radius 3 is 2.27 bits per heavy atom. The quantitative estimate of drug-likeness (QED) is 0.477. The minimum atomic E-state index is -0.445. The maximum atomic E-state index is 13.1. The molecule has 0 radical (unpaired) electrons. The smallest absolute Gasteiger partial charge is 0.338 e. The van der Waals surface area contributed by atoms with Crippen LogP contribution >= 0.6 is 0 Å². The largest absolute Gasteiger partial charge is 0.459 e. The first-order chi connectivity index (χ1) is 12.4. The number of nitrogens with zero attached hydrogens (tertiary/aromatic N) is 1. The fraction of sp³-hybridized carbons (Fsp3) is 0.476. The number of esters is 1. The van der Waals surface area contributed by atoms with E-state index in [0.29, 0.717) is 11.3 Å². The Labute approximate surface area is 152 Å². The number of anilines is 1. The molecule has 26 heavy (non-hydrogen) atoms. The highest BCUT2D eigenvalue weighted by Crippen LogP contribution is 2.73. The average molecular weight is 351 g/mol. The molecule has 4 atom stereocenters. The SMILES string of the molecule is CC(C)OC(=O)c1cccc(N2C(=O)[C@@H]3[C@@H](C2=O)[C@H]2C=C[C@H]3C23CC3)c1. The molecule has 2 amide bonds. The highest BCUT2D eigenvalue weighted by molar-refractivity contribution is 6.23. The Hall–Kier alpha value is -2.43. The van der Waals surface area contributed by atoms with E-state index in [1.54, 1.807) is 38.1 Å². The molecule has 0 unspecified atom stereocenters. The third kappa shape index (κ3) is 1.89. The maximum absolute atomic E-state index is 13.1. The predicted octanol–water partition coefficient (Wildman–Crippen LogP) is 2.95. The van der Waals surface area contributed by atoms with Crippen molar-refractivity contribution in [2.45, 2.75) is 32.8 Å². The second-order valence-electron chi connectivity index (χ2n) is 8.24. The molecular weight excluding hydrogens is 330 g/mol. The van der Waals surface area contributed by atoms with Crippen LogP contribution in [0.4, 0.5) is 5.69 Å². The molecule has 5 heteroatoms. The van der Waals surface area contributed by atoms with E-state index in [9.17, 15) is 14.4 Å². The summed E-state index contributed by atoms with van der Waals surface area (Å²) in [6.45, 7) is 3.57. The predicted molar refractivity (Wildman–Crippen MR) is 94.3 cm³/mol. The van der Waals surface area contributed by atoms with Gasteiger partial charge in [-0.15, -0.1) is 0 Å². The number of ether oxygens (including phenoxy) is 1. The van der Waals surface area contributed by atoms with Gasteiger partial charge in [0.25, 0.3) is 0 Å². The van der Waals surface area contributed by atoms with Gasteiger partial charge < -0.3 is 4.74 Å². The fourth-order valence-electron chi connectivity index (χ4n) is 5.39. The van der Waals surface area contributed by atoms with Gasteiger partial charge in [-0.3, -0.25) is 9.59 Å². The van der Waals surface area contributed by atoms with Crippen LogP contribution in [0, 0.1) is 29.1 Å². The van der Waals surface area contributed by atoms with Crippen molar-refractivity contribution in [1.82, 2.24) is 0 Å². The van der Waals surface area contributed by atoms with Gasteiger partial charge >= 0.3 is 5.97 Å². The minimum absolute atomic E-state index is 0.113. The molecule has 1 heterocycles. The van der Waals surface area contributed by atoms with Crippen molar-refractivity contribution in [3.05, 3.63) is 42.0 Å². The van der Waals surface area contributed by atoms with E-state index in [4.69, 9.17) is 4.74 Å². The van der Waals surface area contributed by atoms with Crippen molar-refractivity contribution in [1.29, 1.82) is 0 Å². The van der Waals surface area contributed by atoms with E-state index < -0.39 is 5.97 Å². The van der Waals surface area contributed by atoms with E-state index in [-0.39, 0.29) is 47.0 Å². The monoisotopic (exact) mass is 351 g/mol. The van der Waals surface area contributed by atoms with Gasteiger partial charge in [0.1, 0.15) is 0 Å². The van der Waals surface area contributed by atoms with Crippen LogP contribution in [-0.2, 0) is 14.3 Å². The molecule has 1 saturated heterocycles. The van der Waals surface area contributed by atoms with E-state index in [1.165, 1.54) is 4.90 Å². The molecular formula is C21H21NO4. The van der Waals surface area contributed by atoms with Crippen LogP contribution in [-0.4, -0.2) is 23.9 Å². The summed E-state index contributed by atoms with van der Waals surface area (Å²) >= 11 is 0. The first-order valence-electron chi connectivity index (χ1n) is 9.31. The molecule has 3 fully saturated rings. The lowest BCUT2D eigenvalue weighted by molar-refractivity contribution is -0.123. The van der Waals surface area contributed by atoms with Crippen molar-refractivity contribution in [3.63, 3.8) is 0 Å². The standard InChI is InChI=1S/C21H21NO4/c1-11(2)26-20(25)12-4-3-5-13(10-12)22-18(23)16-14-6-7-15(17(16)19(22)24)21(14)8-9-21/h3-7,10-11,14-17H,8-9H2,1-2H3/t14-,15-,16+,17+/m1/s1. The number of amides is 2. The molecule has 1 aliphatic heterocycles. The van der Waals surface area contributed by atoms with Crippen LogP contribution in [0.1, 0.15) is 37.0 Å². The summed E-state index contributed by atoms with van der Waals surface area (Å²) < 4.78 is 5.22. The van der Waals surface area contributed by atoms with Crippen LogP contribution in [0.25, 0.3) is 0 Å². The van der Waals surface area contributed by atoms with Crippen molar-refractivity contribution in [2.75, 3.05) is 4.90 Å². The molecule has 5 rings (SSSR count).